The van der Waals surface area contributed by atoms with Gasteiger partial charge >= 0.3 is 0 Å². The molecule has 21 heavy (non-hydrogen) atoms. The van der Waals surface area contributed by atoms with Crippen LogP contribution in [-0.4, -0.2) is 62.3 Å². The van der Waals surface area contributed by atoms with Gasteiger partial charge in [-0.05, 0) is 12.0 Å². The van der Waals surface area contributed by atoms with E-state index in [4.69, 9.17) is 4.74 Å². The number of methoxy groups -OCH3 is 1. The lowest BCUT2D eigenvalue weighted by Gasteiger charge is -2.40. The van der Waals surface area contributed by atoms with Crippen molar-refractivity contribution in [1.82, 2.24) is 9.80 Å². The first-order valence-electron chi connectivity index (χ1n) is 8.00. The summed E-state index contributed by atoms with van der Waals surface area (Å²) in [5, 5.41) is 0. The molecule has 0 bridgehead atoms. The first kappa shape index (κ1) is 16.2. The summed E-state index contributed by atoms with van der Waals surface area (Å²) in [6.07, 6.45) is 5.72. The molecule has 1 aromatic rings. The molecule has 1 aliphatic heterocycles. The second-order valence-corrected chi connectivity index (χ2v) is 5.66. The van der Waals surface area contributed by atoms with E-state index in [1.807, 2.05) is 0 Å². The highest BCUT2D eigenvalue weighted by molar-refractivity contribution is 5.48. The lowest BCUT2D eigenvalue weighted by molar-refractivity contribution is 0.0547. The molecule has 0 amide bonds. The highest BCUT2D eigenvalue weighted by Crippen LogP contribution is 2.13. The van der Waals surface area contributed by atoms with Crippen molar-refractivity contribution in [2.75, 3.05) is 46.4 Å². The summed E-state index contributed by atoms with van der Waals surface area (Å²) in [6.45, 7) is 8.70. The second kappa shape index (κ2) is 8.98. The molecule has 2 rings (SSSR count). The van der Waals surface area contributed by atoms with Crippen molar-refractivity contribution in [2.45, 2.75) is 19.4 Å². The van der Waals surface area contributed by atoms with Gasteiger partial charge in [-0.25, -0.2) is 0 Å². The lowest BCUT2D eigenvalue weighted by atomic mass is 10.1. The molecule has 1 saturated heterocycles. The summed E-state index contributed by atoms with van der Waals surface area (Å²) >= 11 is 0. The largest absolute Gasteiger partial charge is 0.383 e. The van der Waals surface area contributed by atoms with Gasteiger partial charge < -0.3 is 4.74 Å². The SMILES string of the molecule is CCC1CN(CC=Cc2ccccc2)CCN1CCOC. The van der Waals surface area contributed by atoms with Crippen molar-refractivity contribution in [3.63, 3.8) is 0 Å². The van der Waals surface area contributed by atoms with E-state index in [1.54, 1.807) is 7.11 Å². The highest BCUT2D eigenvalue weighted by Gasteiger charge is 2.24. The van der Waals surface area contributed by atoms with Crippen molar-refractivity contribution in [1.29, 1.82) is 0 Å². The van der Waals surface area contributed by atoms with Crippen LogP contribution >= 0.6 is 0 Å². The van der Waals surface area contributed by atoms with Crippen molar-refractivity contribution < 1.29 is 4.74 Å². The van der Waals surface area contributed by atoms with Crippen molar-refractivity contribution >= 4 is 6.08 Å². The zero-order valence-electron chi connectivity index (χ0n) is 13.4. The molecule has 1 atom stereocenters. The van der Waals surface area contributed by atoms with Gasteiger partial charge in [0.2, 0.25) is 0 Å². The van der Waals surface area contributed by atoms with Gasteiger partial charge in [-0.2, -0.15) is 0 Å². The predicted molar refractivity (Wildman–Crippen MR) is 89.4 cm³/mol. The Labute approximate surface area is 129 Å². The number of ether oxygens (including phenoxy) is 1. The minimum absolute atomic E-state index is 0.666. The van der Waals surface area contributed by atoms with Crippen molar-refractivity contribution in [3.8, 4) is 0 Å². The van der Waals surface area contributed by atoms with E-state index in [0.717, 1.165) is 32.8 Å². The number of hydrogen-bond acceptors (Lipinski definition) is 3. The highest BCUT2D eigenvalue weighted by atomic mass is 16.5. The Morgan fingerprint density at radius 3 is 2.76 bits per heavy atom. The van der Waals surface area contributed by atoms with Crippen LogP contribution in [0.2, 0.25) is 0 Å². The third-order valence-corrected chi connectivity index (χ3v) is 4.22. The number of piperazine rings is 1. The average Bonchev–Trinajstić information content (AvgIpc) is 2.54. The quantitative estimate of drug-likeness (QED) is 0.767. The molecule has 0 saturated carbocycles. The lowest BCUT2D eigenvalue weighted by Crippen LogP contribution is -2.53. The fraction of sp³-hybridized carbons (Fsp3) is 0.556. The third-order valence-electron chi connectivity index (χ3n) is 4.22. The summed E-state index contributed by atoms with van der Waals surface area (Å²) < 4.78 is 5.21. The summed E-state index contributed by atoms with van der Waals surface area (Å²) in [6, 6.07) is 11.2. The van der Waals surface area contributed by atoms with Crippen LogP contribution in [0.25, 0.3) is 6.08 Å². The minimum atomic E-state index is 0.666. The van der Waals surface area contributed by atoms with E-state index in [-0.39, 0.29) is 0 Å². The summed E-state index contributed by atoms with van der Waals surface area (Å²) in [5.41, 5.74) is 1.28. The van der Waals surface area contributed by atoms with Crippen LogP contribution in [0.5, 0.6) is 0 Å². The molecule has 3 nitrogen and oxygen atoms in total. The van der Waals surface area contributed by atoms with Gasteiger partial charge in [0.05, 0.1) is 6.61 Å². The number of nitrogens with zero attached hydrogens (tertiary/aromatic N) is 2. The summed E-state index contributed by atoms with van der Waals surface area (Å²) in [5.74, 6) is 0. The standard InChI is InChI=1S/C18H28N2O/c1-3-18-16-19(12-13-20(18)14-15-21-2)11-7-10-17-8-5-4-6-9-17/h4-10,18H,3,11-16H2,1-2H3. The Hall–Kier alpha value is -1.16. The maximum Gasteiger partial charge on any atom is 0.0589 e. The second-order valence-electron chi connectivity index (χ2n) is 5.66. The normalized spacial score (nSPS) is 21.1. The van der Waals surface area contributed by atoms with Crippen molar-refractivity contribution in [2.24, 2.45) is 0 Å². The van der Waals surface area contributed by atoms with Crippen LogP contribution < -0.4 is 0 Å². The smallest absolute Gasteiger partial charge is 0.0589 e. The zero-order valence-corrected chi connectivity index (χ0v) is 13.4. The first-order valence-corrected chi connectivity index (χ1v) is 8.00. The Bertz CT molecular complexity index is 418. The fourth-order valence-corrected chi connectivity index (χ4v) is 2.92. The summed E-state index contributed by atoms with van der Waals surface area (Å²) in [7, 11) is 1.78. The first-order chi connectivity index (χ1) is 10.3. The van der Waals surface area contributed by atoms with Gasteiger partial charge in [-0.1, -0.05) is 49.4 Å². The van der Waals surface area contributed by atoms with Gasteiger partial charge in [-0.15, -0.1) is 0 Å². The van der Waals surface area contributed by atoms with Gasteiger partial charge in [-0.3, -0.25) is 9.80 Å². The van der Waals surface area contributed by atoms with Crippen LogP contribution in [0.4, 0.5) is 0 Å². The number of benzene rings is 1. The monoisotopic (exact) mass is 288 g/mol. The Morgan fingerprint density at radius 1 is 1.24 bits per heavy atom. The molecule has 0 aromatic heterocycles. The Morgan fingerprint density at radius 2 is 2.05 bits per heavy atom. The average molecular weight is 288 g/mol. The van der Waals surface area contributed by atoms with E-state index >= 15 is 0 Å². The van der Waals surface area contributed by atoms with Crippen LogP contribution in [0, 0.1) is 0 Å². The summed E-state index contributed by atoms with van der Waals surface area (Å²) in [4.78, 5) is 5.12. The van der Waals surface area contributed by atoms with E-state index in [9.17, 15) is 0 Å². The van der Waals surface area contributed by atoms with Crippen LogP contribution in [0.1, 0.15) is 18.9 Å². The molecule has 3 heteroatoms. The van der Waals surface area contributed by atoms with Gasteiger partial charge in [0.15, 0.2) is 0 Å². The van der Waals surface area contributed by atoms with Crippen LogP contribution in [-0.2, 0) is 4.74 Å². The molecule has 0 N–H and O–H groups in total. The zero-order chi connectivity index (χ0) is 14.9. The predicted octanol–water partition coefficient (Wildman–Crippen LogP) is 2.74. The molecule has 1 heterocycles. The molecule has 1 aliphatic rings. The molecule has 0 spiro atoms. The molecular formula is C18H28N2O. The maximum absolute atomic E-state index is 5.21. The Balaban J connectivity index is 1.79. The molecule has 0 aliphatic carbocycles. The maximum atomic E-state index is 5.21. The number of hydrogen-bond donors (Lipinski definition) is 0. The molecule has 116 valence electrons. The topological polar surface area (TPSA) is 15.7 Å². The fourth-order valence-electron chi connectivity index (χ4n) is 2.92. The van der Waals surface area contributed by atoms with E-state index in [0.29, 0.717) is 6.04 Å². The van der Waals surface area contributed by atoms with E-state index < -0.39 is 0 Å². The van der Waals surface area contributed by atoms with Gasteiger partial charge in [0.25, 0.3) is 0 Å². The third kappa shape index (κ3) is 5.27. The Kier molecular flexibility index (Phi) is 6.93. The van der Waals surface area contributed by atoms with Crippen molar-refractivity contribution in [3.05, 3.63) is 42.0 Å². The molecule has 1 aromatic carbocycles. The van der Waals surface area contributed by atoms with E-state index in [1.165, 1.54) is 18.5 Å². The van der Waals surface area contributed by atoms with Crippen LogP contribution in [0.15, 0.2) is 36.4 Å². The molecule has 1 unspecified atom stereocenters. The minimum Gasteiger partial charge on any atom is -0.383 e. The van der Waals surface area contributed by atoms with Gasteiger partial charge in [0.1, 0.15) is 0 Å². The van der Waals surface area contributed by atoms with Gasteiger partial charge in [0, 0.05) is 45.9 Å². The van der Waals surface area contributed by atoms with E-state index in [2.05, 4.69) is 59.2 Å². The number of rotatable bonds is 7. The van der Waals surface area contributed by atoms with Crippen LogP contribution in [0.3, 0.4) is 0 Å². The molecular weight excluding hydrogens is 260 g/mol. The molecule has 1 fully saturated rings. The molecule has 0 radical (unpaired) electrons.